The molecule has 0 aliphatic heterocycles. The summed E-state index contributed by atoms with van der Waals surface area (Å²) < 4.78 is 0. The number of carbonyl (C=O) groups is 1. The molecule has 0 unspecified atom stereocenters. The van der Waals surface area contributed by atoms with Crippen molar-refractivity contribution < 1.29 is 4.79 Å². The Hall–Kier alpha value is -0.630. The third-order valence-electron chi connectivity index (χ3n) is 1.10. The van der Waals surface area contributed by atoms with Crippen LogP contribution in [0.25, 0.3) is 0 Å². The molecule has 0 aliphatic rings. The second kappa shape index (κ2) is 5.51. The van der Waals surface area contributed by atoms with Crippen molar-refractivity contribution in [1.29, 1.82) is 0 Å². The summed E-state index contributed by atoms with van der Waals surface area (Å²) in [6.07, 6.45) is 3.78. The summed E-state index contributed by atoms with van der Waals surface area (Å²) in [7, 11) is 0. The SMILES string of the molecule is C=CC(=O)CCCCN. The first-order valence-electron chi connectivity index (χ1n) is 3.16. The Kier molecular flexibility index (Phi) is 5.12. The van der Waals surface area contributed by atoms with Gasteiger partial charge in [-0.3, -0.25) is 4.79 Å². The third-order valence-corrected chi connectivity index (χ3v) is 1.10. The quantitative estimate of drug-likeness (QED) is 0.440. The number of unbranched alkanes of at least 4 members (excludes halogenated alkanes) is 1. The van der Waals surface area contributed by atoms with Crippen molar-refractivity contribution in [2.45, 2.75) is 19.3 Å². The second-order valence-electron chi connectivity index (χ2n) is 1.92. The van der Waals surface area contributed by atoms with Gasteiger partial charge in [0.1, 0.15) is 0 Å². The molecule has 9 heavy (non-hydrogen) atoms. The number of carbonyl (C=O) groups excluding carboxylic acids is 1. The second-order valence-corrected chi connectivity index (χ2v) is 1.92. The Balaban J connectivity index is 3.07. The third kappa shape index (κ3) is 5.24. The van der Waals surface area contributed by atoms with Crippen LogP contribution in [0.1, 0.15) is 19.3 Å². The molecule has 0 heterocycles. The Labute approximate surface area is 55.7 Å². The lowest BCUT2D eigenvalue weighted by Gasteiger charge is -1.91. The molecule has 0 atom stereocenters. The molecule has 0 rings (SSSR count). The summed E-state index contributed by atoms with van der Waals surface area (Å²) >= 11 is 0. The van der Waals surface area contributed by atoms with E-state index in [4.69, 9.17) is 5.73 Å². The molecule has 0 radical (unpaired) electrons. The average Bonchev–Trinajstić information content (AvgIpc) is 1.89. The van der Waals surface area contributed by atoms with Crippen molar-refractivity contribution in [3.63, 3.8) is 0 Å². The summed E-state index contributed by atoms with van der Waals surface area (Å²) in [5.41, 5.74) is 5.22. The van der Waals surface area contributed by atoms with Gasteiger partial charge in [-0.15, -0.1) is 0 Å². The van der Waals surface area contributed by atoms with E-state index in [-0.39, 0.29) is 5.78 Å². The maximum atomic E-state index is 10.5. The van der Waals surface area contributed by atoms with E-state index < -0.39 is 0 Å². The van der Waals surface area contributed by atoms with Gasteiger partial charge in [0.05, 0.1) is 0 Å². The van der Waals surface area contributed by atoms with Crippen LogP contribution < -0.4 is 5.73 Å². The van der Waals surface area contributed by atoms with Gasteiger partial charge in [0, 0.05) is 6.42 Å². The first kappa shape index (κ1) is 8.37. The summed E-state index contributed by atoms with van der Waals surface area (Å²) in [5, 5.41) is 0. The highest BCUT2D eigenvalue weighted by molar-refractivity contribution is 5.88. The predicted octanol–water partition coefficient (Wildman–Crippen LogP) is 0.871. The van der Waals surface area contributed by atoms with Crippen molar-refractivity contribution >= 4 is 5.78 Å². The van der Waals surface area contributed by atoms with Crippen LogP contribution in [0.4, 0.5) is 0 Å². The van der Waals surface area contributed by atoms with E-state index >= 15 is 0 Å². The van der Waals surface area contributed by atoms with E-state index in [0.29, 0.717) is 13.0 Å². The van der Waals surface area contributed by atoms with Gasteiger partial charge in [-0.25, -0.2) is 0 Å². The van der Waals surface area contributed by atoms with E-state index in [1.807, 2.05) is 0 Å². The first-order valence-corrected chi connectivity index (χ1v) is 3.16. The fourth-order valence-corrected chi connectivity index (χ4v) is 0.546. The van der Waals surface area contributed by atoms with Crippen LogP contribution in [0, 0.1) is 0 Å². The summed E-state index contributed by atoms with van der Waals surface area (Å²) in [5.74, 6) is 0.114. The van der Waals surface area contributed by atoms with Crippen molar-refractivity contribution in [3.05, 3.63) is 12.7 Å². The molecule has 0 saturated carbocycles. The van der Waals surface area contributed by atoms with Gasteiger partial charge in [0.25, 0.3) is 0 Å². The molecule has 0 fully saturated rings. The standard InChI is InChI=1S/C7H13NO/c1-2-7(9)5-3-4-6-8/h2H,1,3-6,8H2. The molecule has 2 N–H and O–H groups in total. The molecule has 0 aromatic rings. The van der Waals surface area contributed by atoms with Gasteiger partial charge in [-0.05, 0) is 25.5 Å². The van der Waals surface area contributed by atoms with Crippen LogP contribution in [0.5, 0.6) is 0 Å². The molecule has 52 valence electrons. The van der Waals surface area contributed by atoms with E-state index in [0.717, 1.165) is 12.8 Å². The number of hydrogen-bond acceptors (Lipinski definition) is 2. The first-order chi connectivity index (χ1) is 4.31. The molecule has 0 bridgehead atoms. The molecule has 0 aromatic heterocycles. The summed E-state index contributed by atoms with van der Waals surface area (Å²) in [6.45, 7) is 4.03. The van der Waals surface area contributed by atoms with Crippen LogP contribution in [0.3, 0.4) is 0 Å². The maximum Gasteiger partial charge on any atom is 0.155 e. The highest BCUT2D eigenvalue weighted by Crippen LogP contribution is 1.94. The van der Waals surface area contributed by atoms with Crippen molar-refractivity contribution in [3.8, 4) is 0 Å². The lowest BCUT2D eigenvalue weighted by Crippen LogP contribution is -1.99. The van der Waals surface area contributed by atoms with Gasteiger partial charge in [-0.1, -0.05) is 6.58 Å². The van der Waals surface area contributed by atoms with Gasteiger partial charge in [-0.2, -0.15) is 0 Å². The van der Waals surface area contributed by atoms with Gasteiger partial charge < -0.3 is 5.73 Å². The van der Waals surface area contributed by atoms with Crippen molar-refractivity contribution in [1.82, 2.24) is 0 Å². The Morgan fingerprint density at radius 2 is 2.22 bits per heavy atom. The highest BCUT2D eigenvalue weighted by atomic mass is 16.1. The lowest BCUT2D eigenvalue weighted by molar-refractivity contribution is -0.114. The lowest BCUT2D eigenvalue weighted by atomic mass is 10.2. The predicted molar refractivity (Wildman–Crippen MR) is 38.1 cm³/mol. The summed E-state index contributed by atoms with van der Waals surface area (Å²) in [4.78, 5) is 10.5. The number of ketones is 1. The molecular weight excluding hydrogens is 114 g/mol. The van der Waals surface area contributed by atoms with Crippen molar-refractivity contribution in [2.75, 3.05) is 6.54 Å². The van der Waals surface area contributed by atoms with Gasteiger partial charge in [0.15, 0.2) is 5.78 Å². The van der Waals surface area contributed by atoms with Gasteiger partial charge >= 0.3 is 0 Å². The maximum absolute atomic E-state index is 10.5. The fourth-order valence-electron chi connectivity index (χ4n) is 0.546. The van der Waals surface area contributed by atoms with E-state index in [9.17, 15) is 4.79 Å². The Morgan fingerprint density at radius 1 is 1.56 bits per heavy atom. The average molecular weight is 127 g/mol. The highest BCUT2D eigenvalue weighted by Gasteiger charge is 1.92. The van der Waals surface area contributed by atoms with E-state index in [2.05, 4.69) is 6.58 Å². The zero-order chi connectivity index (χ0) is 7.11. The van der Waals surface area contributed by atoms with Crippen LogP contribution in [0.15, 0.2) is 12.7 Å². The normalized spacial score (nSPS) is 9.00. The molecule has 0 aromatic carbocycles. The topological polar surface area (TPSA) is 43.1 Å². The van der Waals surface area contributed by atoms with E-state index in [1.54, 1.807) is 0 Å². The molecule has 0 amide bonds. The minimum atomic E-state index is 0.114. The summed E-state index contributed by atoms with van der Waals surface area (Å²) in [6, 6.07) is 0. The van der Waals surface area contributed by atoms with Crippen molar-refractivity contribution in [2.24, 2.45) is 5.73 Å². The van der Waals surface area contributed by atoms with Crippen LogP contribution in [-0.4, -0.2) is 12.3 Å². The number of hydrogen-bond donors (Lipinski definition) is 1. The molecule has 2 heteroatoms. The molecule has 0 saturated heterocycles. The molecule has 0 spiro atoms. The molecular formula is C7H13NO. The minimum absolute atomic E-state index is 0.114. The van der Waals surface area contributed by atoms with Gasteiger partial charge in [0.2, 0.25) is 0 Å². The number of nitrogens with two attached hydrogens (primary N) is 1. The number of rotatable bonds is 5. The smallest absolute Gasteiger partial charge is 0.155 e. The van der Waals surface area contributed by atoms with E-state index in [1.165, 1.54) is 6.08 Å². The van der Waals surface area contributed by atoms with Crippen LogP contribution >= 0.6 is 0 Å². The molecule has 0 aliphatic carbocycles. The zero-order valence-corrected chi connectivity index (χ0v) is 5.60. The Morgan fingerprint density at radius 3 is 2.67 bits per heavy atom. The molecule has 2 nitrogen and oxygen atoms in total. The van der Waals surface area contributed by atoms with Crippen LogP contribution in [-0.2, 0) is 4.79 Å². The number of allylic oxidation sites excluding steroid dienone is 1. The fraction of sp³-hybridized carbons (Fsp3) is 0.571. The monoisotopic (exact) mass is 127 g/mol. The minimum Gasteiger partial charge on any atom is -0.330 e. The largest absolute Gasteiger partial charge is 0.330 e. The zero-order valence-electron chi connectivity index (χ0n) is 5.60. The Bertz CT molecular complexity index is 99.1. The van der Waals surface area contributed by atoms with Crippen LogP contribution in [0.2, 0.25) is 0 Å².